The topological polar surface area (TPSA) is 75.6 Å². The number of para-hydroxylation sites is 2. The third-order valence-corrected chi connectivity index (χ3v) is 5.33. The van der Waals surface area contributed by atoms with Gasteiger partial charge in [-0.05, 0) is 24.3 Å². The van der Waals surface area contributed by atoms with Gasteiger partial charge in [-0.2, -0.15) is 8.78 Å². The molecule has 0 saturated carbocycles. The van der Waals surface area contributed by atoms with Crippen molar-refractivity contribution in [3.8, 4) is 5.75 Å². The molecular formula is C12H11F2NO4S2. The van der Waals surface area contributed by atoms with E-state index in [0.717, 1.165) is 11.3 Å². The standard InChI is InChI=1S/C12H11F2NO4S2/c13-12(14)19-10-4-2-1-3-9(10)15-21(17,18)11-6-5-8(7-16)20-11/h1-6,12,15-16H,7H2. The van der Waals surface area contributed by atoms with Crippen molar-refractivity contribution in [2.45, 2.75) is 17.4 Å². The van der Waals surface area contributed by atoms with Gasteiger partial charge in [-0.15, -0.1) is 11.3 Å². The van der Waals surface area contributed by atoms with Gasteiger partial charge in [-0.25, -0.2) is 8.42 Å². The van der Waals surface area contributed by atoms with E-state index in [2.05, 4.69) is 9.46 Å². The smallest absolute Gasteiger partial charge is 0.387 e. The zero-order chi connectivity index (χ0) is 15.5. The number of alkyl halides is 2. The highest BCUT2D eigenvalue weighted by Crippen LogP contribution is 2.30. The van der Waals surface area contributed by atoms with Crippen molar-refractivity contribution in [2.75, 3.05) is 4.72 Å². The molecule has 2 N–H and O–H groups in total. The number of anilines is 1. The van der Waals surface area contributed by atoms with Crippen molar-refractivity contribution in [3.05, 3.63) is 41.3 Å². The molecule has 0 radical (unpaired) electrons. The molecule has 0 saturated heterocycles. The summed E-state index contributed by atoms with van der Waals surface area (Å²) in [6, 6.07) is 8.29. The fourth-order valence-electron chi connectivity index (χ4n) is 1.53. The van der Waals surface area contributed by atoms with Crippen LogP contribution in [0.1, 0.15) is 4.88 Å². The third kappa shape index (κ3) is 3.90. The van der Waals surface area contributed by atoms with E-state index >= 15 is 0 Å². The summed E-state index contributed by atoms with van der Waals surface area (Å²) in [7, 11) is -3.93. The molecule has 9 heteroatoms. The average molecular weight is 335 g/mol. The van der Waals surface area contributed by atoms with Crippen molar-refractivity contribution in [1.29, 1.82) is 0 Å². The van der Waals surface area contributed by atoms with Crippen LogP contribution in [0.3, 0.4) is 0 Å². The number of thiophene rings is 1. The summed E-state index contributed by atoms with van der Waals surface area (Å²) in [5.74, 6) is -0.269. The van der Waals surface area contributed by atoms with E-state index in [1.807, 2.05) is 0 Å². The molecule has 0 aliphatic carbocycles. The zero-order valence-corrected chi connectivity index (χ0v) is 12.1. The Labute approximate surface area is 123 Å². The molecule has 0 aliphatic heterocycles. The lowest BCUT2D eigenvalue weighted by molar-refractivity contribution is -0.0493. The largest absolute Gasteiger partial charge is 0.433 e. The molecule has 0 unspecified atom stereocenters. The van der Waals surface area contributed by atoms with Crippen molar-refractivity contribution >= 4 is 27.0 Å². The van der Waals surface area contributed by atoms with Crippen LogP contribution in [-0.4, -0.2) is 20.1 Å². The van der Waals surface area contributed by atoms with Gasteiger partial charge in [-0.3, -0.25) is 4.72 Å². The predicted octanol–water partition coefficient (Wildman–Crippen LogP) is 2.64. The first-order valence-electron chi connectivity index (χ1n) is 5.68. The summed E-state index contributed by atoms with van der Waals surface area (Å²) in [5.41, 5.74) is -0.0863. The first kappa shape index (κ1) is 15.7. The second kappa shape index (κ2) is 6.37. The minimum absolute atomic E-state index is 0.0293. The summed E-state index contributed by atoms with van der Waals surface area (Å²) in [6.45, 7) is -3.33. The normalized spacial score (nSPS) is 11.6. The number of rotatable bonds is 6. The molecule has 114 valence electrons. The zero-order valence-electron chi connectivity index (χ0n) is 10.5. The number of sulfonamides is 1. The van der Waals surface area contributed by atoms with Crippen LogP contribution in [0, 0.1) is 0 Å². The number of benzene rings is 1. The average Bonchev–Trinajstić information content (AvgIpc) is 2.90. The molecule has 2 rings (SSSR count). The van der Waals surface area contributed by atoms with Gasteiger partial charge >= 0.3 is 6.61 Å². The third-order valence-electron chi connectivity index (χ3n) is 2.41. The fraction of sp³-hybridized carbons (Fsp3) is 0.167. The van der Waals surface area contributed by atoms with E-state index in [4.69, 9.17) is 5.11 Å². The highest BCUT2D eigenvalue weighted by molar-refractivity contribution is 7.94. The summed E-state index contributed by atoms with van der Waals surface area (Å²) >= 11 is 0.889. The lowest BCUT2D eigenvalue weighted by Crippen LogP contribution is -2.13. The van der Waals surface area contributed by atoms with Gasteiger partial charge in [0.15, 0.2) is 0 Å². The lowest BCUT2D eigenvalue weighted by Gasteiger charge is -2.12. The summed E-state index contributed by atoms with van der Waals surface area (Å²) in [6.07, 6.45) is 0. The first-order valence-corrected chi connectivity index (χ1v) is 7.98. The Hall–Kier alpha value is -1.71. The minimum Gasteiger partial charge on any atom is -0.433 e. The number of aliphatic hydroxyl groups excluding tert-OH is 1. The van der Waals surface area contributed by atoms with E-state index in [-0.39, 0.29) is 22.3 Å². The maximum absolute atomic E-state index is 12.3. The minimum atomic E-state index is -3.93. The van der Waals surface area contributed by atoms with Gasteiger partial charge in [0, 0.05) is 4.88 Å². The molecular weight excluding hydrogens is 324 g/mol. The van der Waals surface area contributed by atoms with Crippen LogP contribution < -0.4 is 9.46 Å². The quantitative estimate of drug-likeness (QED) is 0.851. The van der Waals surface area contributed by atoms with E-state index in [9.17, 15) is 17.2 Å². The van der Waals surface area contributed by atoms with Crippen LogP contribution in [0.25, 0.3) is 0 Å². The molecule has 0 spiro atoms. The van der Waals surface area contributed by atoms with E-state index < -0.39 is 16.6 Å². The van der Waals surface area contributed by atoms with E-state index in [1.165, 1.54) is 36.4 Å². The summed E-state index contributed by atoms with van der Waals surface area (Å²) in [5, 5.41) is 8.94. The first-order chi connectivity index (χ1) is 9.92. The van der Waals surface area contributed by atoms with Crippen molar-refractivity contribution in [3.63, 3.8) is 0 Å². The number of hydrogen-bond acceptors (Lipinski definition) is 5. The fourth-order valence-corrected chi connectivity index (χ4v) is 3.82. The molecule has 0 fully saturated rings. The number of halogens is 2. The number of aliphatic hydroxyl groups is 1. The second-order valence-corrected chi connectivity index (χ2v) is 6.94. The highest BCUT2D eigenvalue weighted by atomic mass is 32.2. The van der Waals surface area contributed by atoms with E-state index in [0.29, 0.717) is 4.88 Å². The summed E-state index contributed by atoms with van der Waals surface area (Å²) < 4.78 is 55.3. The maximum Gasteiger partial charge on any atom is 0.387 e. The Morgan fingerprint density at radius 2 is 1.95 bits per heavy atom. The van der Waals surface area contributed by atoms with Gasteiger partial charge in [0.1, 0.15) is 9.96 Å². The monoisotopic (exact) mass is 335 g/mol. The molecule has 5 nitrogen and oxygen atoms in total. The SMILES string of the molecule is O=S(=O)(Nc1ccccc1OC(F)F)c1ccc(CO)s1. The second-order valence-electron chi connectivity index (χ2n) is 3.86. The maximum atomic E-state index is 12.3. The van der Waals surface area contributed by atoms with Crippen LogP contribution in [-0.2, 0) is 16.6 Å². The van der Waals surface area contributed by atoms with Gasteiger partial charge in [0.25, 0.3) is 10.0 Å². The Bertz CT molecular complexity index is 716. The van der Waals surface area contributed by atoms with Crippen molar-refractivity contribution in [2.24, 2.45) is 0 Å². The van der Waals surface area contributed by atoms with Crippen molar-refractivity contribution < 1.29 is 27.0 Å². The number of nitrogens with one attached hydrogen (secondary N) is 1. The molecule has 0 aliphatic rings. The Morgan fingerprint density at radius 3 is 2.57 bits per heavy atom. The molecule has 0 amide bonds. The van der Waals surface area contributed by atoms with Crippen LogP contribution in [0.2, 0.25) is 0 Å². The van der Waals surface area contributed by atoms with Crippen molar-refractivity contribution in [1.82, 2.24) is 0 Å². The predicted molar refractivity (Wildman–Crippen MR) is 74.1 cm³/mol. The Balaban J connectivity index is 2.28. The highest BCUT2D eigenvalue weighted by Gasteiger charge is 2.19. The van der Waals surface area contributed by atoms with Gasteiger partial charge < -0.3 is 9.84 Å². The summed E-state index contributed by atoms with van der Waals surface area (Å²) in [4.78, 5) is 0.479. The molecule has 1 aromatic carbocycles. The molecule has 1 heterocycles. The molecule has 2 aromatic rings. The molecule has 0 bridgehead atoms. The lowest BCUT2D eigenvalue weighted by atomic mass is 10.3. The van der Waals surface area contributed by atoms with Gasteiger partial charge in [-0.1, -0.05) is 12.1 Å². The van der Waals surface area contributed by atoms with Crippen LogP contribution >= 0.6 is 11.3 Å². The van der Waals surface area contributed by atoms with Gasteiger partial charge in [0.05, 0.1) is 12.3 Å². The van der Waals surface area contributed by atoms with Gasteiger partial charge in [0.2, 0.25) is 0 Å². The number of hydrogen-bond donors (Lipinski definition) is 2. The number of ether oxygens (including phenoxy) is 1. The molecule has 1 aromatic heterocycles. The Morgan fingerprint density at radius 1 is 1.24 bits per heavy atom. The van der Waals surface area contributed by atoms with Crippen LogP contribution in [0.4, 0.5) is 14.5 Å². The van der Waals surface area contributed by atoms with E-state index in [1.54, 1.807) is 0 Å². The van der Waals surface area contributed by atoms with Crippen LogP contribution in [0.15, 0.2) is 40.6 Å². The Kier molecular flexibility index (Phi) is 4.76. The van der Waals surface area contributed by atoms with Crippen LogP contribution in [0.5, 0.6) is 5.75 Å². The molecule has 0 atom stereocenters. The molecule has 21 heavy (non-hydrogen) atoms.